The summed E-state index contributed by atoms with van der Waals surface area (Å²) in [5.74, 6) is -0.879. The molecule has 1 aromatic heterocycles. The molecule has 25 heavy (non-hydrogen) atoms. The maximum atomic E-state index is 11.1. The number of hydrazone groups is 1. The van der Waals surface area contributed by atoms with Crippen LogP contribution in [0.3, 0.4) is 0 Å². The minimum absolute atomic E-state index is 0. The van der Waals surface area contributed by atoms with Gasteiger partial charge in [0.05, 0.1) is 18.3 Å². The van der Waals surface area contributed by atoms with E-state index in [1.807, 2.05) is 60.7 Å². The maximum absolute atomic E-state index is 11.1. The van der Waals surface area contributed by atoms with E-state index in [2.05, 4.69) is 15.5 Å². The number of aromatic nitrogens is 1. The molecule has 2 aromatic carbocycles. The van der Waals surface area contributed by atoms with Crippen molar-refractivity contribution in [1.82, 2.24) is 4.98 Å². The van der Waals surface area contributed by atoms with E-state index in [4.69, 9.17) is 5.11 Å². The highest BCUT2D eigenvalue weighted by Crippen LogP contribution is 2.31. The number of carbonyl (C=O) groups is 1. The Kier molecular flexibility index (Phi) is 6.85. The molecule has 3 rings (SSSR count). The summed E-state index contributed by atoms with van der Waals surface area (Å²) in [7, 11) is 0. The van der Waals surface area contributed by atoms with Crippen LogP contribution >= 0.6 is 28.3 Å². The number of rotatable bonds is 6. The quantitative estimate of drug-likeness (QED) is 0.458. The summed E-state index contributed by atoms with van der Waals surface area (Å²) in [4.78, 5) is 16.3. The number of thiazole rings is 1. The van der Waals surface area contributed by atoms with Gasteiger partial charge in [-0.3, -0.25) is 10.2 Å². The number of benzene rings is 2. The molecule has 0 unspecified atom stereocenters. The van der Waals surface area contributed by atoms with Gasteiger partial charge in [0.25, 0.3) is 0 Å². The van der Waals surface area contributed by atoms with Gasteiger partial charge in [-0.1, -0.05) is 72.0 Å². The lowest BCUT2D eigenvalue weighted by Gasteiger charge is -1.99. The molecule has 0 aliphatic rings. The molecule has 0 saturated carbocycles. The first-order valence-corrected chi connectivity index (χ1v) is 8.15. The second-order valence-corrected chi connectivity index (χ2v) is 6.09. The van der Waals surface area contributed by atoms with Gasteiger partial charge in [-0.05, 0) is 5.56 Å². The van der Waals surface area contributed by atoms with Crippen LogP contribution in [-0.2, 0) is 11.2 Å². The number of nitrogens with one attached hydrogen (secondary N) is 1. The molecule has 1 heterocycles. The number of nitrogens with zero attached hydrogens (tertiary/aromatic N) is 2. The first-order chi connectivity index (χ1) is 11.7. The van der Waals surface area contributed by atoms with E-state index in [1.165, 1.54) is 11.3 Å². The molecule has 0 spiro atoms. The number of carboxylic acid groups (broad SMARTS) is 1. The predicted octanol–water partition coefficient (Wildman–Crippen LogP) is 4.46. The Labute approximate surface area is 159 Å². The molecule has 128 valence electrons. The highest BCUT2D eigenvalue weighted by molar-refractivity contribution is 8.93. The van der Waals surface area contributed by atoms with Crippen molar-refractivity contribution >= 4 is 45.6 Å². The Bertz CT molecular complexity index is 851. The van der Waals surface area contributed by atoms with Crippen molar-refractivity contribution in [3.05, 3.63) is 71.1 Å². The molecule has 0 amide bonds. The average molecular weight is 418 g/mol. The smallest absolute Gasteiger partial charge is 0.308 e. The lowest BCUT2D eigenvalue weighted by Crippen LogP contribution is -1.99. The zero-order valence-electron chi connectivity index (χ0n) is 13.1. The molecule has 0 aliphatic carbocycles. The van der Waals surface area contributed by atoms with Gasteiger partial charge in [0.15, 0.2) is 0 Å². The molecule has 2 N–H and O–H groups in total. The van der Waals surface area contributed by atoms with E-state index in [0.717, 1.165) is 11.1 Å². The molecule has 7 heteroatoms. The van der Waals surface area contributed by atoms with Crippen LogP contribution in [0.4, 0.5) is 5.13 Å². The topological polar surface area (TPSA) is 74.6 Å². The van der Waals surface area contributed by atoms with Crippen LogP contribution in [0.5, 0.6) is 0 Å². The number of hydrogen-bond acceptors (Lipinski definition) is 5. The third-order valence-electron chi connectivity index (χ3n) is 3.23. The standard InChI is InChI=1S/C18H15N3O2S.BrH/c22-16(23)11-15-17(14-9-5-2-6-10-14)20-18(24-15)21-19-12-13-7-3-1-4-8-13;/h1-10,12H,11H2,(H,20,21)(H,22,23);1H/b19-12-;. The van der Waals surface area contributed by atoms with Crippen molar-refractivity contribution in [3.63, 3.8) is 0 Å². The first kappa shape index (κ1) is 18.8. The van der Waals surface area contributed by atoms with Gasteiger partial charge < -0.3 is 5.11 Å². The molecule has 0 fully saturated rings. The number of aliphatic carboxylic acids is 1. The summed E-state index contributed by atoms with van der Waals surface area (Å²) in [6, 6.07) is 19.2. The van der Waals surface area contributed by atoms with E-state index >= 15 is 0 Å². The molecule has 0 radical (unpaired) electrons. The van der Waals surface area contributed by atoms with Gasteiger partial charge in [0.1, 0.15) is 0 Å². The highest BCUT2D eigenvalue weighted by Gasteiger charge is 2.15. The molecule has 5 nitrogen and oxygen atoms in total. The van der Waals surface area contributed by atoms with E-state index in [1.54, 1.807) is 6.21 Å². The number of carboxylic acids is 1. The predicted molar refractivity (Wildman–Crippen MR) is 107 cm³/mol. The zero-order valence-corrected chi connectivity index (χ0v) is 15.7. The fraction of sp³-hybridized carbons (Fsp3) is 0.0556. The number of anilines is 1. The fourth-order valence-corrected chi connectivity index (χ4v) is 3.10. The van der Waals surface area contributed by atoms with Crippen molar-refractivity contribution in [1.29, 1.82) is 0 Å². The minimum atomic E-state index is -0.879. The second kappa shape index (κ2) is 9.10. The van der Waals surface area contributed by atoms with Crippen LogP contribution in [0.2, 0.25) is 0 Å². The molecule has 0 aliphatic heterocycles. The fourth-order valence-electron chi connectivity index (χ4n) is 2.18. The van der Waals surface area contributed by atoms with Crippen LogP contribution in [0.1, 0.15) is 10.4 Å². The van der Waals surface area contributed by atoms with Gasteiger partial charge in [-0.2, -0.15) is 5.10 Å². The molecular weight excluding hydrogens is 402 g/mol. The summed E-state index contributed by atoms with van der Waals surface area (Å²) in [6.07, 6.45) is 1.63. The monoisotopic (exact) mass is 417 g/mol. The van der Waals surface area contributed by atoms with Crippen molar-refractivity contribution in [2.24, 2.45) is 5.10 Å². The lowest BCUT2D eigenvalue weighted by molar-refractivity contribution is -0.136. The Morgan fingerprint density at radius 2 is 1.76 bits per heavy atom. The van der Waals surface area contributed by atoms with Crippen LogP contribution in [-0.4, -0.2) is 22.3 Å². The van der Waals surface area contributed by atoms with Gasteiger partial charge in [-0.15, -0.1) is 17.0 Å². The van der Waals surface area contributed by atoms with Crippen LogP contribution < -0.4 is 5.43 Å². The van der Waals surface area contributed by atoms with E-state index in [0.29, 0.717) is 15.7 Å². The summed E-state index contributed by atoms with van der Waals surface area (Å²) in [5.41, 5.74) is 5.42. The lowest BCUT2D eigenvalue weighted by atomic mass is 10.1. The van der Waals surface area contributed by atoms with Crippen LogP contribution in [0.15, 0.2) is 65.8 Å². The molecule has 3 aromatic rings. The van der Waals surface area contributed by atoms with Crippen molar-refractivity contribution in [2.45, 2.75) is 6.42 Å². The van der Waals surface area contributed by atoms with E-state index in [-0.39, 0.29) is 23.4 Å². The zero-order chi connectivity index (χ0) is 16.8. The van der Waals surface area contributed by atoms with Gasteiger partial charge >= 0.3 is 5.97 Å². The number of halogens is 1. The SMILES string of the molecule is Br.O=C(O)Cc1sc(N/N=C\c2ccccc2)nc1-c1ccccc1. The van der Waals surface area contributed by atoms with Crippen molar-refractivity contribution < 1.29 is 9.90 Å². The first-order valence-electron chi connectivity index (χ1n) is 7.33. The normalized spacial score (nSPS) is 10.4. The summed E-state index contributed by atoms with van der Waals surface area (Å²) >= 11 is 1.30. The summed E-state index contributed by atoms with van der Waals surface area (Å²) in [5, 5.41) is 13.8. The molecular formula is C18H16BrN3O2S. The molecule has 0 bridgehead atoms. The van der Waals surface area contributed by atoms with E-state index < -0.39 is 5.97 Å². The second-order valence-electron chi connectivity index (χ2n) is 5.01. The highest BCUT2D eigenvalue weighted by atomic mass is 79.9. The number of hydrogen-bond donors (Lipinski definition) is 2. The van der Waals surface area contributed by atoms with Crippen molar-refractivity contribution in [2.75, 3.05) is 5.43 Å². The van der Waals surface area contributed by atoms with Gasteiger partial charge in [0, 0.05) is 10.4 Å². The minimum Gasteiger partial charge on any atom is -0.481 e. The summed E-state index contributed by atoms with van der Waals surface area (Å²) in [6.45, 7) is 0. The summed E-state index contributed by atoms with van der Waals surface area (Å²) < 4.78 is 0. The third-order valence-corrected chi connectivity index (χ3v) is 4.19. The maximum Gasteiger partial charge on any atom is 0.308 e. The molecule has 0 atom stereocenters. The van der Waals surface area contributed by atoms with Crippen LogP contribution in [0, 0.1) is 0 Å². The Morgan fingerprint density at radius 1 is 1.12 bits per heavy atom. The van der Waals surface area contributed by atoms with Crippen molar-refractivity contribution in [3.8, 4) is 11.3 Å². The third kappa shape index (κ3) is 5.23. The largest absolute Gasteiger partial charge is 0.481 e. The van der Waals surface area contributed by atoms with Gasteiger partial charge in [-0.25, -0.2) is 4.98 Å². The van der Waals surface area contributed by atoms with Gasteiger partial charge in [0.2, 0.25) is 5.13 Å². The van der Waals surface area contributed by atoms with E-state index in [9.17, 15) is 4.79 Å². The van der Waals surface area contributed by atoms with Crippen LogP contribution in [0.25, 0.3) is 11.3 Å². The Hall–Kier alpha value is -2.51. The Balaban J connectivity index is 0.00000225. The molecule has 0 saturated heterocycles. The average Bonchev–Trinajstić information content (AvgIpc) is 2.98. The Morgan fingerprint density at radius 3 is 2.40 bits per heavy atom.